The van der Waals surface area contributed by atoms with Gasteiger partial charge in [0.1, 0.15) is 0 Å². The third-order valence-corrected chi connectivity index (χ3v) is 4.16. The number of rotatable bonds is 4. The van der Waals surface area contributed by atoms with Crippen LogP contribution in [0.3, 0.4) is 0 Å². The molecule has 1 atom stereocenters. The van der Waals surface area contributed by atoms with E-state index < -0.39 is 0 Å². The van der Waals surface area contributed by atoms with Crippen LogP contribution >= 0.6 is 11.6 Å². The van der Waals surface area contributed by atoms with Gasteiger partial charge < -0.3 is 10.1 Å². The summed E-state index contributed by atoms with van der Waals surface area (Å²) in [6, 6.07) is 7.86. The number of nitrogens with zero attached hydrogens (tertiary/aromatic N) is 2. The average Bonchev–Trinajstić information content (AvgIpc) is 2.53. The van der Waals surface area contributed by atoms with E-state index in [0.717, 1.165) is 41.1 Å². The maximum atomic E-state index is 11.0. The highest BCUT2D eigenvalue weighted by Gasteiger charge is 2.21. The molecule has 1 aromatic carbocycles. The van der Waals surface area contributed by atoms with Crippen molar-refractivity contribution in [2.45, 2.75) is 19.6 Å². The Hall–Kier alpha value is -1.69. The molecule has 1 N–H and O–H groups in total. The molecule has 5 nitrogen and oxygen atoms in total. The van der Waals surface area contributed by atoms with Crippen LogP contribution in [-0.2, 0) is 16.1 Å². The maximum absolute atomic E-state index is 11.0. The molecular weight excluding hydrogens is 314 g/mol. The smallest absolute Gasteiger partial charge is 0.216 e. The summed E-state index contributed by atoms with van der Waals surface area (Å²) in [7, 11) is 0. The van der Waals surface area contributed by atoms with E-state index in [1.54, 1.807) is 6.20 Å². The third-order valence-electron chi connectivity index (χ3n) is 3.94. The van der Waals surface area contributed by atoms with Crippen molar-refractivity contribution in [1.82, 2.24) is 15.2 Å². The van der Waals surface area contributed by atoms with Gasteiger partial charge in [-0.25, -0.2) is 0 Å². The molecule has 1 saturated heterocycles. The molecule has 2 aromatic rings. The van der Waals surface area contributed by atoms with E-state index >= 15 is 0 Å². The lowest BCUT2D eigenvalue weighted by Gasteiger charge is -2.33. The Morgan fingerprint density at radius 2 is 2.39 bits per heavy atom. The highest BCUT2D eigenvalue weighted by molar-refractivity contribution is 6.31. The van der Waals surface area contributed by atoms with Crippen molar-refractivity contribution >= 4 is 28.4 Å². The number of fused-ring (bicyclic) bond motifs is 1. The first-order chi connectivity index (χ1) is 11.1. The Kier molecular flexibility index (Phi) is 5.10. The number of nitrogens with one attached hydrogen (secondary N) is 1. The molecule has 2 heterocycles. The minimum Gasteiger partial charge on any atom is -0.374 e. The second-order valence-corrected chi connectivity index (χ2v) is 6.24. The van der Waals surface area contributed by atoms with Gasteiger partial charge in [-0.3, -0.25) is 14.7 Å². The Balaban J connectivity index is 1.72. The van der Waals surface area contributed by atoms with E-state index in [2.05, 4.69) is 15.2 Å². The van der Waals surface area contributed by atoms with Crippen molar-refractivity contribution in [2.75, 3.05) is 26.2 Å². The first-order valence-electron chi connectivity index (χ1n) is 7.73. The van der Waals surface area contributed by atoms with E-state index in [-0.39, 0.29) is 12.0 Å². The summed E-state index contributed by atoms with van der Waals surface area (Å²) >= 11 is 6.24. The van der Waals surface area contributed by atoms with Crippen molar-refractivity contribution in [3.05, 3.63) is 41.0 Å². The number of ether oxygens (including phenoxy) is 1. The van der Waals surface area contributed by atoms with Crippen LogP contribution in [-0.4, -0.2) is 48.1 Å². The van der Waals surface area contributed by atoms with Crippen LogP contribution in [0.2, 0.25) is 5.02 Å². The van der Waals surface area contributed by atoms with E-state index in [0.29, 0.717) is 13.2 Å². The number of hydrogen-bond donors (Lipinski definition) is 1. The summed E-state index contributed by atoms with van der Waals surface area (Å²) in [5.74, 6) is -0.0317. The van der Waals surface area contributed by atoms with Crippen LogP contribution in [0.25, 0.3) is 10.9 Å². The summed E-state index contributed by atoms with van der Waals surface area (Å²) in [4.78, 5) is 17.8. The molecule has 0 unspecified atom stereocenters. The quantitative estimate of drug-likeness (QED) is 0.932. The molecule has 1 aliphatic heterocycles. The largest absolute Gasteiger partial charge is 0.374 e. The Morgan fingerprint density at radius 1 is 1.52 bits per heavy atom. The highest BCUT2D eigenvalue weighted by Crippen LogP contribution is 2.24. The number of amides is 1. The van der Waals surface area contributed by atoms with Gasteiger partial charge in [-0.05, 0) is 23.8 Å². The van der Waals surface area contributed by atoms with Gasteiger partial charge in [0, 0.05) is 49.7 Å². The van der Waals surface area contributed by atoms with Crippen LogP contribution in [0.1, 0.15) is 12.5 Å². The van der Waals surface area contributed by atoms with Crippen molar-refractivity contribution in [3.8, 4) is 0 Å². The van der Waals surface area contributed by atoms with Gasteiger partial charge in [0.15, 0.2) is 0 Å². The zero-order valence-electron chi connectivity index (χ0n) is 13.1. The van der Waals surface area contributed by atoms with E-state index in [1.165, 1.54) is 6.92 Å². The summed E-state index contributed by atoms with van der Waals surface area (Å²) in [6.07, 6.45) is 1.82. The molecule has 3 rings (SSSR count). The standard InChI is InChI=1S/C17H20ClN3O2/c1-12(22)20-9-16-11-21(5-6-23-16)10-14-8-15(18)7-13-3-2-4-19-17(13)14/h2-4,7-8,16H,5-6,9-11H2,1H3,(H,20,22)/t16-/m1/s1. The molecule has 6 heteroatoms. The number of carbonyl (C=O) groups excluding carboxylic acids is 1. The van der Waals surface area contributed by atoms with E-state index in [9.17, 15) is 4.79 Å². The molecule has 1 aliphatic rings. The number of morpholine rings is 1. The Labute approximate surface area is 140 Å². The molecule has 23 heavy (non-hydrogen) atoms. The van der Waals surface area contributed by atoms with Gasteiger partial charge in [-0.1, -0.05) is 17.7 Å². The van der Waals surface area contributed by atoms with Gasteiger partial charge in [-0.15, -0.1) is 0 Å². The Morgan fingerprint density at radius 3 is 3.22 bits per heavy atom. The van der Waals surface area contributed by atoms with Crippen LogP contribution in [0, 0.1) is 0 Å². The molecule has 0 spiro atoms. The molecule has 0 saturated carbocycles. The lowest BCUT2D eigenvalue weighted by atomic mass is 10.1. The minimum absolute atomic E-state index is 0.0195. The fourth-order valence-electron chi connectivity index (χ4n) is 2.89. The van der Waals surface area contributed by atoms with Gasteiger partial charge >= 0.3 is 0 Å². The topological polar surface area (TPSA) is 54.5 Å². The maximum Gasteiger partial charge on any atom is 0.216 e. The average molecular weight is 334 g/mol. The summed E-state index contributed by atoms with van der Waals surface area (Å²) in [6.45, 7) is 5.13. The number of benzene rings is 1. The van der Waals surface area contributed by atoms with Crippen molar-refractivity contribution < 1.29 is 9.53 Å². The van der Waals surface area contributed by atoms with Crippen LogP contribution in [0.4, 0.5) is 0 Å². The van der Waals surface area contributed by atoms with Gasteiger partial charge in [-0.2, -0.15) is 0 Å². The SMILES string of the molecule is CC(=O)NC[C@@H]1CN(Cc2cc(Cl)cc3cccnc23)CCO1. The molecule has 122 valence electrons. The van der Waals surface area contributed by atoms with E-state index in [1.807, 2.05) is 24.3 Å². The van der Waals surface area contributed by atoms with Crippen molar-refractivity contribution in [1.29, 1.82) is 0 Å². The highest BCUT2D eigenvalue weighted by atomic mass is 35.5. The second kappa shape index (κ2) is 7.25. The molecule has 1 aromatic heterocycles. The predicted octanol–water partition coefficient (Wildman–Crippen LogP) is 2.23. The monoisotopic (exact) mass is 333 g/mol. The lowest BCUT2D eigenvalue weighted by molar-refractivity contribution is -0.120. The molecule has 1 amide bonds. The first kappa shape index (κ1) is 16.2. The van der Waals surface area contributed by atoms with Crippen LogP contribution < -0.4 is 5.32 Å². The third kappa shape index (κ3) is 4.19. The van der Waals surface area contributed by atoms with Crippen LogP contribution in [0.5, 0.6) is 0 Å². The van der Waals surface area contributed by atoms with Gasteiger partial charge in [0.05, 0.1) is 18.2 Å². The molecule has 0 aliphatic carbocycles. The molecule has 1 fully saturated rings. The number of carbonyl (C=O) groups is 1. The Bertz CT molecular complexity index is 707. The summed E-state index contributed by atoms with van der Waals surface area (Å²) in [5, 5.41) is 4.59. The van der Waals surface area contributed by atoms with Crippen molar-refractivity contribution in [2.24, 2.45) is 0 Å². The van der Waals surface area contributed by atoms with Crippen LogP contribution in [0.15, 0.2) is 30.5 Å². The fraction of sp³-hybridized carbons (Fsp3) is 0.412. The molecule has 0 radical (unpaired) electrons. The van der Waals surface area contributed by atoms with Gasteiger partial charge in [0.25, 0.3) is 0 Å². The zero-order chi connectivity index (χ0) is 16.2. The second-order valence-electron chi connectivity index (χ2n) is 5.81. The lowest BCUT2D eigenvalue weighted by Crippen LogP contribution is -2.46. The number of pyridine rings is 1. The van der Waals surface area contributed by atoms with Gasteiger partial charge in [0.2, 0.25) is 5.91 Å². The first-order valence-corrected chi connectivity index (χ1v) is 8.11. The minimum atomic E-state index is -0.0317. The number of halogens is 1. The fourth-order valence-corrected chi connectivity index (χ4v) is 3.14. The summed E-state index contributed by atoms with van der Waals surface area (Å²) < 4.78 is 5.71. The molecular formula is C17H20ClN3O2. The normalized spacial score (nSPS) is 19.0. The van der Waals surface area contributed by atoms with Crippen molar-refractivity contribution in [3.63, 3.8) is 0 Å². The van der Waals surface area contributed by atoms with E-state index in [4.69, 9.17) is 16.3 Å². The zero-order valence-corrected chi connectivity index (χ0v) is 13.8. The number of hydrogen-bond acceptors (Lipinski definition) is 4. The number of aromatic nitrogens is 1. The predicted molar refractivity (Wildman–Crippen MR) is 90.5 cm³/mol. The summed E-state index contributed by atoms with van der Waals surface area (Å²) in [5.41, 5.74) is 2.11. The molecule has 0 bridgehead atoms.